The monoisotopic (exact) mass is 337 g/mol. The van der Waals surface area contributed by atoms with E-state index in [4.69, 9.17) is 4.74 Å². The normalized spacial score (nSPS) is 17.5. The van der Waals surface area contributed by atoms with Gasteiger partial charge in [0.15, 0.2) is 0 Å². The molecule has 1 heterocycles. The minimum absolute atomic E-state index is 0.0285. The third-order valence-corrected chi connectivity index (χ3v) is 3.88. The summed E-state index contributed by atoms with van der Waals surface area (Å²) in [6, 6.07) is 3.74. The molecule has 0 radical (unpaired) electrons. The van der Waals surface area contributed by atoms with E-state index < -0.39 is 17.8 Å². The van der Waals surface area contributed by atoms with E-state index in [9.17, 15) is 14.0 Å². The Balaban J connectivity index is 2.20. The molecule has 2 rings (SSSR count). The first-order chi connectivity index (χ1) is 11.6. The lowest BCUT2D eigenvalue weighted by atomic mass is 10.1. The zero-order valence-electron chi connectivity index (χ0n) is 14.1. The molecule has 1 saturated heterocycles. The molecule has 1 aliphatic heterocycles. The highest BCUT2D eigenvalue weighted by Gasteiger charge is 2.28. The Kier molecular flexibility index (Phi) is 6.54. The molecular weight excluding hydrogens is 313 g/mol. The van der Waals surface area contributed by atoms with Gasteiger partial charge in [0.1, 0.15) is 5.82 Å². The van der Waals surface area contributed by atoms with Crippen LogP contribution in [0.15, 0.2) is 18.2 Å². The molecule has 1 aliphatic rings. The number of carbonyl (C=O) groups excluding carboxylic acids is 2. The molecule has 7 heteroatoms. The van der Waals surface area contributed by atoms with Crippen molar-refractivity contribution in [1.82, 2.24) is 10.2 Å². The minimum Gasteiger partial charge on any atom is -0.377 e. The summed E-state index contributed by atoms with van der Waals surface area (Å²) < 4.78 is 19.9. The highest BCUT2D eigenvalue weighted by Crippen LogP contribution is 2.23. The summed E-state index contributed by atoms with van der Waals surface area (Å²) in [5, 5.41) is 5.11. The Morgan fingerprint density at radius 2 is 2.17 bits per heavy atom. The number of carbonyl (C=O) groups is 2. The van der Waals surface area contributed by atoms with Crippen LogP contribution in [-0.4, -0.2) is 49.2 Å². The summed E-state index contributed by atoms with van der Waals surface area (Å²) in [6.45, 7) is 5.69. The molecule has 0 aromatic heterocycles. The number of hydrogen-bond donors (Lipinski definition) is 2. The second-order valence-electron chi connectivity index (χ2n) is 5.62. The van der Waals surface area contributed by atoms with Crippen molar-refractivity contribution in [3.63, 3.8) is 0 Å². The van der Waals surface area contributed by atoms with Crippen LogP contribution in [0.2, 0.25) is 0 Å². The number of rotatable bonds is 5. The first kappa shape index (κ1) is 18.2. The molecule has 1 aromatic carbocycles. The molecule has 1 atom stereocenters. The topological polar surface area (TPSA) is 70.7 Å². The second-order valence-corrected chi connectivity index (χ2v) is 5.62. The highest BCUT2D eigenvalue weighted by atomic mass is 19.1. The van der Waals surface area contributed by atoms with Crippen LogP contribution < -0.4 is 10.6 Å². The van der Waals surface area contributed by atoms with Crippen molar-refractivity contribution in [3.05, 3.63) is 29.6 Å². The van der Waals surface area contributed by atoms with Gasteiger partial charge in [0.25, 0.3) is 5.91 Å². The molecule has 1 fully saturated rings. The second kappa shape index (κ2) is 8.63. The van der Waals surface area contributed by atoms with Gasteiger partial charge >= 0.3 is 6.03 Å². The molecule has 0 spiro atoms. The van der Waals surface area contributed by atoms with E-state index in [1.54, 1.807) is 11.8 Å². The fourth-order valence-electron chi connectivity index (χ4n) is 2.83. The van der Waals surface area contributed by atoms with Crippen LogP contribution >= 0.6 is 0 Å². The van der Waals surface area contributed by atoms with Gasteiger partial charge in [0.2, 0.25) is 0 Å². The van der Waals surface area contributed by atoms with Crippen LogP contribution in [0.4, 0.5) is 14.9 Å². The number of nitrogens with one attached hydrogen (secondary N) is 2. The molecule has 0 saturated carbocycles. The molecular formula is C17H24FN3O3. The molecule has 2 N–H and O–H groups in total. The van der Waals surface area contributed by atoms with Crippen LogP contribution in [0, 0.1) is 5.82 Å². The minimum atomic E-state index is -0.646. The largest absolute Gasteiger partial charge is 0.377 e. The molecule has 0 aliphatic carbocycles. The Morgan fingerprint density at radius 3 is 2.88 bits per heavy atom. The smallest absolute Gasteiger partial charge is 0.319 e. The van der Waals surface area contributed by atoms with Gasteiger partial charge in [-0.1, -0.05) is 6.07 Å². The predicted molar refractivity (Wildman–Crippen MR) is 89.6 cm³/mol. The van der Waals surface area contributed by atoms with Gasteiger partial charge in [-0.3, -0.25) is 4.79 Å². The van der Waals surface area contributed by atoms with Gasteiger partial charge < -0.3 is 20.3 Å². The zero-order chi connectivity index (χ0) is 17.5. The van der Waals surface area contributed by atoms with Gasteiger partial charge in [-0.15, -0.1) is 0 Å². The maximum absolute atomic E-state index is 14.3. The van der Waals surface area contributed by atoms with Crippen molar-refractivity contribution in [2.75, 3.05) is 31.6 Å². The van der Waals surface area contributed by atoms with Gasteiger partial charge in [-0.05, 0) is 38.8 Å². The molecule has 0 unspecified atom stereocenters. The number of hydrogen-bond acceptors (Lipinski definition) is 3. The van der Waals surface area contributed by atoms with Crippen LogP contribution in [0.1, 0.15) is 37.0 Å². The third kappa shape index (κ3) is 4.44. The fraction of sp³-hybridized carbons (Fsp3) is 0.529. The van der Waals surface area contributed by atoms with E-state index in [1.165, 1.54) is 18.2 Å². The summed E-state index contributed by atoms with van der Waals surface area (Å²) >= 11 is 0. The summed E-state index contributed by atoms with van der Waals surface area (Å²) in [5.41, 5.74) is 0.0605. The van der Waals surface area contributed by atoms with Crippen LogP contribution in [0.5, 0.6) is 0 Å². The average Bonchev–Trinajstić information content (AvgIpc) is 2.55. The molecule has 0 bridgehead atoms. The first-order valence-corrected chi connectivity index (χ1v) is 8.31. The van der Waals surface area contributed by atoms with Gasteiger partial charge in [0, 0.05) is 26.2 Å². The van der Waals surface area contributed by atoms with Crippen LogP contribution in [-0.2, 0) is 4.74 Å². The number of likely N-dealkylation sites (tertiary alicyclic amines) is 1. The Labute approximate surface area is 141 Å². The molecule has 6 nitrogen and oxygen atoms in total. The zero-order valence-corrected chi connectivity index (χ0v) is 14.1. The van der Waals surface area contributed by atoms with Crippen LogP contribution in [0.3, 0.4) is 0 Å². The summed E-state index contributed by atoms with van der Waals surface area (Å²) in [6.07, 6.45) is 1.67. The number of halogens is 1. The van der Waals surface area contributed by atoms with Gasteiger partial charge in [0.05, 0.1) is 17.4 Å². The SMILES string of the molecule is CCNC(=O)Nc1cccc(F)c1C(=O)N1CCC[C@@H](OCC)C1. The van der Waals surface area contributed by atoms with Crippen molar-refractivity contribution in [3.8, 4) is 0 Å². The summed E-state index contributed by atoms with van der Waals surface area (Å²) in [5.74, 6) is -1.07. The number of anilines is 1. The van der Waals surface area contributed by atoms with E-state index >= 15 is 0 Å². The maximum Gasteiger partial charge on any atom is 0.319 e. The predicted octanol–water partition coefficient (Wildman–Crippen LogP) is 2.61. The lowest BCUT2D eigenvalue weighted by Crippen LogP contribution is -2.43. The first-order valence-electron chi connectivity index (χ1n) is 8.31. The number of amides is 3. The van der Waals surface area contributed by atoms with E-state index in [0.29, 0.717) is 26.2 Å². The molecule has 132 valence electrons. The van der Waals surface area contributed by atoms with Gasteiger partial charge in [-0.2, -0.15) is 0 Å². The molecule has 24 heavy (non-hydrogen) atoms. The molecule has 1 aromatic rings. The summed E-state index contributed by atoms with van der Waals surface area (Å²) in [7, 11) is 0. The van der Waals surface area contributed by atoms with Gasteiger partial charge in [-0.25, -0.2) is 9.18 Å². The highest BCUT2D eigenvalue weighted by molar-refractivity contribution is 6.03. The number of benzene rings is 1. The molecule has 3 amide bonds. The van der Waals surface area contributed by atoms with Crippen LogP contribution in [0.25, 0.3) is 0 Å². The third-order valence-electron chi connectivity index (χ3n) is 3.88. The number of ether oxygens (including phenoxy) is 1. The number of nitrogens with zero attached hydrogens (tertiary/aromatic N) is 1. The van der Waals surface area contributed by atoms with E-state index in [1.807, 2.05) is 6.92 Å². The summed E-state index contributed by atoms with van der Waals surface area (Å²) in [4.78, 5) is 26.1. The fourth-order valence-corrected chi connectivity index (χ4v) is 2.83. The van der Waals surface area contributed by atoms with Crippen molar-refractivity contribution in [1.29, 1.82) is 0 Å². The Hall–Kier alpha value is -2.15. The van der Waals surface area contributed by atoms with Crippen molar-refractivity contribution in [2.24, 2.45) is 0 Å². The Morgan fingerprint density at radius 1 is 1.38 bits per heavy atom. The maximum atomic E-state index is 14.3. The van der Waals surface area contributed by atoms with Crippen molar-refractivity contribution < 1.29 is 18.7 Å². The number of urea groups is 1. The quantitative estimate of drug-likeness (QED) is 0.868. The van der Waals surface area contributed by atoms with Crippen molar-refractivity contribution in [2.45, 2.75) is 32.8 Å². The van der Waals surface area contributed by atoms with Crippen molar-refractivity contribution >= 4 is 17.6 Å². The average molecular weight is 337 g/mol. The lowest BCUT2D eigenvalue weighted by molar-refractivity contribution is 0.00711. The Bertz CT molecular complexity index is 592. The standard InChI is InChI=1S/C17H24FN3O3/c1-3-19-17(23)20-14-9-5-8-13(18)15(14)16(22)21-10-6-7-12(11-21)24-4-2/h5,8-9,12H,3-4,6-7,10-11H2,1-2H3,(H2,19,20,23)/t12-/m1/s1. The van der Waals surface area contributed by atoms with E-state index in [-0.39, 0.29) is 17.4 Å². The number of piperidine rings is 1. The van der Waals surface area contributed by atoms with E-state index in [0.717, 1.165) is 12.8 Å². The lowest BCUT2D eigenvalue weighted by Gasteiger charge is -2.33. The van der Waals surface area contributed by atoms with E-state index in [2.05, 4.69) is 10.6 Å².